The average Bonchev–Trinajstić information content (AvgIpc) is 3.56. The fourth-order valence-corrected chi connectivity index (χ4v) is 13.4. The lowest BCUT2D eigenvalue weighted by Gasteiger charge is -2.59. The van der Waals surface area contributed by atoms with Crippen molar-refractivity contribution in [3.8, 4) is 11.1 Å². The lowest BCUT2D eigenvalue weighted by molar-refractivity contribution is 0.252. The number of allylic oxidation sites excluding steroid dienone is 12. The van der Waals surface area contributed by atoms with Crippen LogP contribution in [0.15, 0.2) is 197 Å². The van der Waals surface area contributed by atoms with Gasteiger partial charge in [-0.15, -0.1) is 11.8 Å². The van der Waals surface area contributed by atoms with Gasteiger partial charge in [-0.2, -0.15) is 0 Å². The fourth-order valence-electron chi connectivity index (χ4n) is 10.5. The van der Waals surface area contributed by atoms with Crippen molar-refractivity contribution < 1.29 is 0 Å². The van der Waals surface area contributed by atoms with Crippen molar-refractivity contribution in [1.29, 1.82) is 0 Å². The van der Waals surface area contributed by atoms with Gasteiger partial charge < -0.3 is 4.90 Å². The Labute approximate surface area is 315 Å². The molecular weight excluding hydrogens is 667 g/mol. The molecule has 3 heteroatoms. The molecule has 0 bridgehead atoms. The van der Waals surface area contributed by atoms with Crippen LogP contribution in [0.2, 0.25) is 0 Å². The van der Waals surface area contributed by atoms with Crippen LogP contribution in [0.25, 0.3) is 11.1 Å². The number of para-hydroxylation sites is 2. The van der Waals surface area contributed by atoms with Crippen LogP contribution in [-0.4, -0.2) is 16.5 Å². The molecule has 0 radical (unpaired) electrons. The molecule has 1 saturated heterocycles. The molecule has 4 aromatic carbocycles. The Morgan fingerprint density at radius 1 is 0.635 bits per heavy atom. The molecule has 7 aliphatic rings. The van der Waals surface area contributed by atoms with Gasteiger partial charge in [0.1, 0.15) is 0 Å². The summed E-state index contributed by atoms with van der Waals surface area (Å²) >= 11 is 4.14. The first-order valence-corrected chi connectivity index (χ1v) is 20.5. The highest BCUT2D eigenvalue weighted by molar-refractivity contribution is 8.01. The Bertz CT molecular complexity index is 2350. The van der Waals surface area contributed by atoms with E-state index in [0.29, 0.717) is 34.2 Å². The Hall–Kier alpha value is -4.70. The van der Waals surface area contributed by atoms with E-state index in [1.165, 1.54) is 49.0 Å². The minimum Gasteiger partial charge on any atom is -0.333 e. The molecule has 8 unspecified atom stereocenters. The maximum atomic E-state index is 2.63. The minimum absolute atomic E-state index is 0.239. The summed E-state index contributed by atoms with van der Waals surface area (Å²) < 4.78 is 0. The molecule has 1 spiro atoms. The molecule has 0 N–H and O–H groups in total. The number of nitrogens with zero attached hydrogens (tertiary/aromatic N) is 1. The van der Waals surface area contributed by atoms with Crippen LogP contribution in [-0.2, 0) is 5.41 Å². The summed E-state index contributed by atoms with van der Waals surface area (Å²) in [5, 5.41) is 0.765. The highest BCUT2D eigenvalue weighted by Crippen LogP contribution is 2.67. The molecular formula is C49H39NS2. The average molecular weight is 706 g/mol. The lowest BCUT2D eigenvalue weighted by atomic mass is 9.52. The van der Waals surface area contributed by atoms with Crippen LogP contribution in [0.5, 0.6) is 0 Å². The number of thioether (sulfide) groups is 1. The van der Waals surface area contributed by atoms with Gasteiger partial charge in [0.25, 0.3) is 0 Å². The van der Waals surface area contributed by atoms with Crippen molar-refractivity contribution in [1.82, 2.24) is 0 Å². The Kier molecular flexibility index (Phi) is 7.24. The molecule has 3 aliphatic heterocycles. The zero-order valence-corrected chi connectivity index (χ0v) is 30.5. The van der Waals surface area contributed by atoms with E-state index >= 15 is 0 Å². The molecule has 1 nitrogen and oxygen atoms in total. The smallest absolute Gasteiger partial charge is 0.0629 e. The van der Waals surface area contributed by atoms with Gasteiger partial charge in [-0.25, -0.2) is 0 Å². The van der Waals surface area contributed by atoms with Crippen molar-refractivity contribution in [2.75, 3.05) is 4.90 Å². The van der Waals surface area contributed by atoms with Crippen LogP contribution in [0.4, 0.5) is 11.4 Å². The second-order valence-electron chi connectivity index (χ2n) is 15.0. The number of fused-ring (bicyclic) bond motifs is 11. The van der Waals surface area contributed by atoms with E-state index in [2.05, 4.69) is 199 Å². The minimum atomic E-state index is -0.239. The van der Waals surface area contributed by atoms with E-state index in [1.807, 2.05) is 11.8 Å². The molecule has 0 amide bonds. The molecule has 1 fully saturated rings. The van der Waals surface area contributed by atoms with Gasteiger partial charge in [0.05, 0.1) is 11.7 Å². The molecule has 0 saturated carbocycles. The quantitative estimate of drug-likeness (QED) is 0.209. The second kappa shape index (κ2) is 12.2. The molecule has 52 heavy (non-hydrogen) atoms. The van der Waals surface area contributed by atoms with Crippen molar-refractivity contribution >= 4 is 34.9 Å². The van der Waals surface area contributed by atoms with Gasteiger partial charge in [0, 0.05) is 60.6 Å². The van der Waals surface area contributed by atoms with Crippen LogP contribution >= 0.6 is 23.5 Å². The standard InChI is InChI=1S/C49H39NS2/c1-3-15-32(16-4-1)35-20-14-28-46-47(35)49(40-24-9-12-27-44(40)52-46)39-23-8-11-26-43(39)51-45-30-29-33(31-41(45)49)36-21-13-22-38-37-19-7-10-25-42(37)50(48(36)38)34-17-5-2-6-18-34/h1-15,17-32,37,40,42,44,46-47H,16H2. The van der Waals surface area contributed by atoms with Gasteiger partial charge in [0.2, 0.25) is 0 Å². The summed E-state index contributed by atoms with van der Waals surface area (Å²) in [5.74, 6) is 1.35. The SMILES string of the molecule is C1=CCC(C2=CC=CC3SC4C=CC=CC4C4(c5ccccc5Sc5ccc(-c6cccc7c6N(c6ccccc6)C6C=CC=CC76)cc54)C23)C=C1. The van der Waals surface area contributed by atoms with E-state index in [4.69, 9.17) is 0 Å². The van der Waals surface area contributed by atoms with Crippen LogP contribution in [0.1, 0.15) is 29.0 Å². The van der Waals surface area contributed by atoms with Crippen molar-refractivity contribution in [3.63, 3.8) is 0 Å². The first kappa shape index (κ1) is 30.9. The number of hydrogen-bond donors (Lipinski definition) is 0. The van der Waals surface area contributed by atoms with Crippen LogP contribution in [0.3, 0.4) is 0 Å². The van der Waals surface area contributed by atoms with E-state index in [-0.39, 0.29) is 11.5 Å². The van der Waals surface area contributed by atoms with Gasteiger partial charge in [-0.05, 0) is 59.0 Å². The van der Waals surface area contributed by atoms with E-state index in [0.717, 1.165) is 6.42 Å². The predicted octanol–water partition coefficient (Wildman–Crippen LogP) is 12.3. The van der Waals surface area contributed by atoms with Gasteiger partial charge in [0.15, 0.2) is 0 Å². The van der Waals surface area contributed by atoms with Gasteiger partial charge in [-0.1, -0.05) is 169 Å². The molecule has 3 heterocycles. The largest absolute Gasteiger partial charge is 0.333 e. The third-order valence-electron chi connectivity index (χ3n) is 12.5. The summed E-state index contributed by atoms with van der Waals surface area (Å²) in [5.41, 5.74) is 11.0. The Morgan fingerprint density at radius 3 is 2.37 bits per heavy atom. The molecule has 252 valence electrons. The molecule has 4 aromatic rings. The number of rotatable bonds is 3. The Morgan fingerprint density at radius 2 is 1.44 bits per heavy atom. The van der Waals surface area contributed by atoms with E-state index < -0.39 is 0 Å². The maximum absolute atomic E-state index is 2.63. The van der Waals surface area contributed by atoms with Gasteiger partial charge >= 0.3 is 0 Å². The van der Waals surface area contributed by atoms with Crippen molar-refractivity contribution in [2.24, 2.45) is 17.8 Å². The maximum Gasteiger partial charge on any atom is 0.0629 e. The summed E-state index contributed by atoms with van der Waals surface area (Å²) in [6.07, 6.45) is 36.6. The highest BCUT2D eigenvalue weighted by atomic mass is 32.2. The summed E-state index contributed by atoms with van der Waals surface area (Å²) in [7, 11) is 0. The first-order chi connectivity index (χ1) is 25.8. The van der Waals surface area contributed by atoms with Crippen molar-refractivity contribution in [2.45, 2.75) is 44.1 Å². The topological polar surface area (TPSA) is 3.24 Å². The fraction of sp³-hybridized carbons (Fsp3) is 0.184. The Balaban J connectivity index is 1.17. The normalized spacial score (nSPS) is 31.0. The second-order valence-corrected chi connectivity index (χ2v) is 17.4. The van der Waals surface area contributed by atoms with Crippen LogP contribution < -0.4 is 4.90 Å². The number of hydrogen-bond acceptors (Lipinski definition) is 3. The summed E-state index contributed by atoms with van der Waals surface area (Å²) in [6, 6.07) is 35.2. The third-order valence-corrected chi connectivity index (χ3v) is 15.2. The lowest BCUT2D eigenvalue weighted by Crippen LogP contribution is -2.56. The molecule has 11 rings (SSSR count). The number of anilines is 2. The highest BCUT2D eigenvalue weighted by Gasteiger charge is 2.60. The molecule has 0 aromatic heterocycles. The number of benzene rings is 4. The van der Waals surface area contributed by atoms with E-state index in [1.54, 1.807) is 5.57 Å². The summed E-state index contributed by atoms with van der Waals surface area (Å²) in [6.45, 7) is 0. The van der Waals surface area contributed by atoms with Gasteiger partial charge in [-0.3, -0.25) is 0 Å². The molecule has 4 aliphatic carbocycles. The first-order valence-electron chi connectivity index (χ1n) is 18.8. The predicted molar refractivity (Wildman–Crippen MR) is 221 cm³/mol. The monoisotopic (exact) mass is 705 g/mol. The molecule has 8 atom stereocenters. The zero-order valence-electron chi connectivity index (χ0n) is 28.8. The third kappa shape index (κ3) is 4.45. The van der Waals surface area contributed by atoms with Crippen molar-refractivity contribution in [3.05, 3.63) is 204 Å². The van der Waals surface area contributed by atoms with E-state index in [9.17, 15) is 0 Å². The summed E-state index contributed by atoms with van der Waals surface area (Å²) in [4.78, 5) is 5.40. The van der Waals surface area contributed by atoms with Crippen LogP contribution in [0, 0.1) is 17.8 Å². The zero-order chi connectivity index (χ0) is 34.2.